The lowest BCUT2D eigenvalue weighted by Crippen LogP contribution is -3.00. The lowest BCUT2D eigenvalue weighted by Gasteiger charge is -2.30. The smallest absolute Gasteiger partial charge is 0.338 e. The predicted molar refractivity (Wildman–Crippen MR) is 76.0 cm³/mol. The van der Waals surface area contributed by atoms with E-state index >= 15 is 0 Å². The minimum absolute atomic E-state index is 0. The normalized spacial score (nSPS) is 31.0. The molecule has 0 radical (unpaired) electrons. The van der Waals surface area contributed by atoms with E-state index in [2.05, 4.69) is 0 Å². The Hall–Kier alpha value is -0.320. The van der Waals surface area contributed by atoms with E-state index in [1.54, 1.807) is 6.92 Å². The second-order valence-electron chi connectivity index (χ2n) is 7.35. The fourth-order valence-corrected chi connectivity index (χ4v) is 4.47. The van der Waals surface area contributed by atoms with E-state index in [0.717, 1.165) is 49.7 Å². The van der Waals surface area contributed by atoms with Crippen molar-refractivity contribution in [1.29, 1.82) is 0 Å². The van der Waals surface area contributed by atoms with Gasteiger partial charge in [0.05, 0.1) is 19.6 Å². The molecule has 0 aromatic heterocycles. The van der Waals surface area contributed by atoms with Gasteiger partial charge in [-0.2, -0.15) is 0 Å². The first-order valence-corrected chi connectivity index (χ1v) is 8.30. The first-order chi connectivity index (χ1) is 9.52. The van der Waals surface area contributed by atoms with Crippen molar-refractivity contribution in [3.8, 4) is 0 Å². The van der Waals surface area contributed by atoms with Gasteiger partial charge in [-0.05, 0) is 25.7 Å². The largest absolute Gasteiger partial charge is 1.00 e. The molecule has 1 N–H and O–H groups in total. The molecule has 21 heavy (non-hydrogen) atoms. The van der Waals surface area contributed by atoms with E-state index in [-0.39, 0.29) is 30.4 Å². The third-order valence-electron chi connectivity index (χ3n) is 5.87. The molecule has 0 aromatic carbocycles. The zero-order chi connectivity index (χ0) is 14.2. The van der Waals surface area contributed by atoms with E-state index in [1.165, 1.54) is 25.9 Å². The number of ether oxygens (including phenoxy) is 1. The highest BCUT2D eigenvalue weighted by Crippen LogP contribution is 2.36. The number of halogens is 1. The first kappa shape index (κ1) is 17.0. The minimum Gasteiger partial charge on any atom is -1.00 e. The van der Waals surface area contributed by atoms with Gasteiger partial charge in [-0.25, -0.2) is 4.79 Å². The fourth-order valence-electron chi connectivity index (χ4n) is 4.47. The van der Waals surface area contributed by atoms with Crippen LogP contribution in [-0.4, -0.2) is 53.4 Å². The maximum atomic E-state index is 12.3. The van der Waals surface area contributed by atoms with Crippen LogP contribution in [0.25, 0.3) is 0 Å². The van der Waals surface area contributed by atoms with Crippen molar-refractivity contribution < 1.29 is 31.5 Å². The summed E-state index contributed by atoms with van der Waals surface area (Å²) in [6.07, 6.45) is 7.75. The van der Waals surface area contributed by atoms with Gasteiger partial charge in [-0.1, -0.05) is 12.8 Å². The van der Waals surface area contributed by atoms with Gasteiger partial charge in [0.25, 0.3) is 0 Å². The monoisotopic (exact) mass is 317 g/mol. The average molecular weight is 318 g/mol. The van der Waals surface area contributed by atoms with Crippen LogP contribution in [0.2, 0.25) is 0 Å². The number of esters is 1. The summed E-state index contributed by atoms with van der Waals surface area (Å²) < 4.78 is 6.81. The summed E-state index contributed by atoms with van der Waals surface area (Å²) in [7, 11) is 0. The minimum atomic E-state index is -1.28. The van der Waals surface area contributed by atoms with E-state index in [4.69, 9.17) is 4.74 Å². The molecule has 3 aliphatic rings. The van der Waals surface area contributed by atoms with Gasteiger partial charge in [0, 0.05) is 19.3 Å². The number of quaternary nitrogens is 1. The maximum Gasteiger partial charge on any atom is 0.338 e. The maximum absolute atomic E-state index is 12.3. The number of rotatable bonds is 3. The van der Waals surface area contributed by atoms with Crippen molar-refractivity contribution in [3.63, 3.8) is 0 Å². The molecule has 122 valence electrons. The van der Waals surface area contributed by atoms with Gasteiger partial charge in [0.2, 0.25) is 0 Å². The third-order valence-corrected chi connectivity index (χ3v) is 5.87. The Morgan fingerprint density at radius 2 is 1.71 bits per heavy atom. The Morgan fingerprint density at radius 1 is 1.10 bits per heavy atom. The zero-order valence-corrected chi connectivity index (χ0v) is 13.8. The van der Waals surface area contributed by atoms with Crippen LogP contribution in [0.5, 0.6) is 0 Å². The van der Waals surface area contributed by atoms with Crippen LogP contribution in [-0.2, 0) is 9.53 Å². The van der Waals surface area contributed by atoms with Gasteiger partial charge in [0.1, 0.15) is 6.54 Å². The highest BCUT2D eigenvalue weighted by molar-refractivity contribution is 5.79. The van der Waals surface area contributed by atoms with Crippen LogP contribution in [0.15, 0.2) is 0 Å². The fraction of sp³-hybridized carbons (Fsp3) is 0.938. The summed E-state index contributed by atoms with van der Waals surface area (Å²) in [5, 5.41) is 10.5. The van der Waals surface area contributed by atoms with Gasteiger partial charge in [-0.3, -0.25) is 0 Å². The molecule has 0 bridgehead atoms. The molecule has 2 heterocycles. The lowest BCUT2D eigenvalue weighted by molar-refractivity contribution is -0.906. The van der Waals surface area contributed by atoms with Crippen molar-refractivity contribution in [2.45, 2.75) is 63.6 Å². The summed E-state index contributed by atoms with van der Waals surface area (Å²) in [4.78, 5) is 12.3. The van der Waals surface area contributed by atoms with Crippen LogP contribution in [0.1, 0.15) is 51.9 Å². The molecule has 2 aliphatic heterocycles. The van der Waals surface area contributed by atoms with Crippen LogP contribution in [0, 0.1) is 5.92 Å². The lowest BCUT2D eigenvalue weighted by atomic mass is 9.88. The SMILES string of the molecule is CC(O)(C(=O)OC1CC[N+]2(CCCC2)C1)C1CCCC1.[Cl-]. The van der Waals surface area contributed by atoms with Gasteiger partial charge in [-0.15, -0.1) is 0 Å². The molecule has 0 amide bonds. The van der Waals surface area contributed by atoms with Crippen molar-refractivity contribution in [2.75, 3.05) is 26.2 Å². The Balaban J connectivity index is 0.00000161. The third kappa shape index (κ3) is 3.38. The molecule has 5 heteroatoms. The Kier molecular flexibility index (Phi) is 5.22. The number of carbonyl (C=O) groups excluding carboxylic acids is 1. The molecule has 2 atom stereocenters. The second kappa shape index (κ2) is 6.43. The molecule has 3 fully saturated rings. The van der Waals surface area contributed by atoms with E-state index < -0.39 is 5.60 Å². The molecular formula is C16H28ClNO3. The summed E-state index contributed by atoms with van der Waals surface area (Å²) in [6.45, 7) is 6.25. The molecule has 4 nitrogen and oxygen atoms in total. The summed E-state index contributed by atoms with van der Waals surface area (Å²) in [5.41, 5.74) is -1.28. The van der Waals surface area contributed by atoms with Crippen molar-refractivity contribution in [3.05, 3.63) is 0 Å². The quantitative estimate of drug-likeness (QED) is 0.529. The molecule has 1 spiro atoms. The molecule has 1 aliphatic carbocycles. The number of nitrogens with zero attached hydrogens (tertiary/aromatic N) is 1. The number of aliphatic hydroxyl groups is 1. The first-order valence-electron chi connectivity index (χ1n) is 8.30. The summed E-state index contributed by atoms with van der Waals surface area (Å²) in [5.74, 6) is -0.292. The van der Waals surface area contributed by atoms with Crippen LogP contribution in [0.4, 0.5) is 0 Å². The highest BCUT2D eigenvalue weighted by atomic mass is 35.5. The highest BCUT2D eigenvalue weighted by Gasteiger charge is 2.46. The molecule has 2 unspecified atom stereocenters. The number of carbonyl (C=O) groups is 1. The van der Waals surface area contributed by atoms with Crippen molar-refractivity contribution in [2.24, 2.45) is 5.92 Å². The zero-order valence-electron chi connectivity index (χ0n) is 13.0. The van der Waals surface area contributed by atoms with Crippen molar-refractivity contribution in [1.82, 2.24) is 0 Å². The molecule has 2 saturated heterocycles. The Bertz CT molecular complexity index is 374. The Labute approximate surface area is 133 Å². The van der Waals surface area contributed by atoms with Crippen LogP contribution < -0.4 is 12.4 Å². The average Bonchev–Trinajstić information content (AvgIpc) is 3.14. The predicted octanol–water partition coefficient (Wildman–Crippen LogP) is -1.14. The van der Waals surface area contributed by atoms with E-state index in [9.17, 15) is 9.90 Å². The van der Waals surface area contributed by atoms with Crippen molar-refractivity contribution >= 4 is 5.97 Å². The Morgan fingerprint density at radius 3 is 2.33 bits per heavy atom. The van der Waals surface area contributed by atoms with Crippen LogP contribution in [0.3, 0.4) is 0 Å². The molecular weight excluding hydrogens is 290 g/mol. The van der Waals surface area contributed by atoms with E-state index in [1.807, 2.05) is 0 Å². The van der Waals surface area contributed by atoms with Gasteiger partial charge < -0.3 is 26.7 Å². The van der Waals surface area contributed by atoms with Crippen LogP contribution >= 0.6 is 0 Å². The van der Waals surface area contributed by atoms with E-state index in [0.29, 0.717) is 0 Å². The van der Waals surface area contributed by atoms with Gasteiger partial charge in [0.15, 0.2) is 11.7 Å². The molecule has 3 rings (SSSR count). The topological polar surface area (TPSA) is 46.5 Å². The second-order valence-corrected chi connectivity index (χ2v) is 7.35. The number of hydrogen-bond donors (Lipinski definition) is 1. The standard InChI is InChI=1S/C16H28NO3.ClH/c1-16(19,13-6-2-3-7-13)15(18)20-14-8-11-17(12-14)9-4-5-10-17;/h13-14,19H,2-12H2,1H3;1H/q+1;/p-1. The molecule has 0 aromatic rings. The summed E-state index contributed by atoms with van der Waals surface area (Å²) >= 11 is 0. The van der Waals surface area contributed by atoms with Gasteiger partial charge >= 0.3 is 5.97 Å². The number of hydrogen-bond acceptors (Lipinski definition) is 3. The molecule has 1 saturated carbocycles. The summed E-state index contributed by atoms with van der Waals surface area (Å²) in [6, 6.07) is 0.